The normalized spacial score (nSPS) is 16.8. The maximum absolute atomic E-state index is 13.2. The topological polar surface area (TPSA) is 108 Å². The number of aliphatic carboxylic acids is 1. The Bertz CT molecular complexity index is 1510. The fraction of sp³-hybridized carbons (Fsp3) is 0.417. The standard InChI is InChI=1S/C27H36ClN3O2.C9H7Cl3O3/c1-20-14-16-22(17-15-20)29-25(32)27(3,28)18-9-19-31(23-11-5-4-6-12-23)26(33)30-24-13-8-7-10-21(24)2;10-5-3-7(12)8(4-6(5)11)15-2-1-9(13)14/h4-6,11-12,14-17,21,24H,7-10,13,18-19H2,1-3H3,(H,29,32)(H,30,33);3-4H,1-2H2,(H,13,14). The van der Waals surface area contributed by atoms with Crippen LogP contribution in [0, 0.1) is 12.8 Å². The minimum Gasteiger partial charge on any atom is -0.491 e. The molecule has 1 aliphatic rings. The zero-order valence-electron chi connectivity index (χ0n) is 27.4. The fourth-order valence-corrected chi connectivity index (χ4v) is 5.94. The summed E-state index contributed by atoms with van der Waals surface area (Å²) >= 11 is 23.9. The average Bonchev–Trinajstić information content (AvgIpc) is 3.04. The Labute approximate surface area is 303 Å². The average molecular weight is 740 g/mol. The highest BCUT2D eigenvalue weighted by Gasteiger charge is 2.31. The van der Waals surface area contributed by atoms with Gasteiger partial charge in [-0.15, -0.1) is 11.6 Å². The molecule has 0 heterocycles. The number of urea groups is 1. The first-order valence-corrected chi connectivity index (χ1v) is 17.5. The molecule has 3 N–H and O–H groups in total. The number of anilines is 2. The minimum atomic E-state index is -1.07. The first-order chi connectivity index (χ1) is 22.8. The van der Waals surface area contributed by atoms with Crippen LogP contribution in [0.2, 0.25) is 15.1 Å². The van der Waals surface area contributed by atoms with Crippen molar-refractivity contribution in [2.24, 2.45) is 5.92 Å². The molecule has 3 atom stereocenters. The lowest BCUT2D eigenvalue weighted by atomic mass is 9.86. The van der Waals surface area contributed by atoms with Gasteiger partial charge in [0.05, 0.1) is 28.1 Å². The molecule has 3 aromatic rings. The van der Waals surface area contributed by atoms with Crippen molar-refractivity contribution in [2.45, 2.75) is 76.6 Å². The Morgan fingerprint density at radius 1 is 0.958 bits per heavy atom. The zero-order chi connectivity index (χ0) is 35.3. The molecule has 48 heavy (non-hydrogen) atoms. The van der Waals surface area contributed by atoms with Crippen LogP contribution in [0.25, 0.3) is 0 Å². The number of amides is 3. The van der Waals surface area contributed by atoms with E-state index in [9.17, 15) is 14.4 Å². The van der Waals surface area contributed by atoms with Crippen LogP contribution in [0.15, 0.2) is 66.7 Å². The number of benzene rings is 3. The number of alkyl halides is 1. The minimum absolute atomic E-state index is 0.0347. The third-order valence-corrected chi connectivity index (χ3v) is 9.47. The summed E-state index contributed by atoms with van der Waals surface area (Å²) in [6, 6.07) is 20.3. The monoisotopic (exact) mass is 737 g/mol. The van der Waals surface area contributed by atoms with Gasteiger partial charge in [-0.2, -0.15) is 0 Å². The molecule has 3 amide bonds. The van der Waals surface area contributed by atoms with Gasteiger partial charge in [-0.1, -0.05) is 90.5 Å². The SMILES string of the molecule is Cc1ccc(NC(=O)C(C)(Cl)CCCN(C(=O)NC2CCCCC2C)c2ccccc2)cc1.O=C(O)CCOc1cc(Cl)c(Cl)cc1Cl. The van der Waals surface area contributed by atoms with E-state index in [1.165, 1.54) is 18.6 Å². The summed E-state index contributed by atoms with van der Waals surface area (Å²) < 4.78 is 5.13. The molecule has 0 radical (unpaired) electrons. The smallest absolute Gasteiger partial charge is 0.322 e. The second-order valence-electron chi connectivity index (χ2n) is 12.1. The molecule has 3 aromatic carbocycles. The van der Waals surface area contributed by atoms with Crippen LogP contribution in [0.1, 0.15) is 64.4 Å². The van der Waals surface area contributed by atoms with Gasteiger partial charge in [-0.05, 0) is 75.8 Å². The molecule has 8 nitrogen and oxygen atoms in total. The third kappa shape index (κ3) is 12.7. The number of carbonyl (C=O) groups excluding carboxylic acids is 2. The molecule has 1 fully saturated rings. The van der Waals surface area contributed by atoms with Gasteiger partial charge in [0.25, 0.3) is 0 Å². The molecular formula is C36H43Cl4N3O5. The maximum atomic E-state index is 13.2. The van der Waals surface area contributed by atoms with E-state index in [2.05, 4.69) is 17.6 Å². The van der Waals surface area contributed by atoms with E-state index >= 15 is 0 Å². The molecule has 1 saturated carbocycles. The molecule has 1 aliphatic carbocycles. The predicted molar refractivity (Wildman–Crippen MR) is 196 cm³/mol. The number of nitrogens with one attached hydrogen (secondary N) is 2. The molecule has 0 aliphatic heterocycles. The van der Waals surface area contributed by atoms with Crippen LogP contribution in [-0.4, -0.2) is 47.1 Å². The zero-order valence-corrected chi connectivity index (χ0v) is 30.4. The summed E-state index contributed by atoms with van der Waals surface area (Å²) in [5.74, 6) is -0.366. The van der Waals surface area contributed by atoms with E-state index in [1.807, 2.05) is 61.5 Å². The van der Waals surface area contributed by atoms with Gasteiger partial charge in [0, 0.05) is 30.0 Å². The van der Waals surface area contributed by atoms with Gasteiger partial charge in [0.1, 0.15) is 10.6 Å². The molecule has 0 saturated heterocycles. The number of carboxylic acids is 1. The van der Waals surface area contributed by atoms with Gasteiger partial charge in [-0.3, -0.25) is 14.5 Å². The Morgan fingerprint density at radius 2 is 1.60 bits per heavy atom. The predicted octanol–water partition coefficient (Wildman–Crippen LogP) is 10.0. The number of hydrogen-bond acceptors (Lipinski definition) is 4. The van der Waals surface area contributed by atoms with Crippen molar-refractivity contribution in [1.82, 2.24) is 5.32 Å². The summed E-state index contributed by atoms with van der Waals surface area (Å²) in [5, 5.41) is 15.5. The van der Waals surface area contributed by atoms with Crippen LogP contribution >= 0.6 is 46.4 Å². The Kier molecular flexibility index (Phi) is 15.7. The molecule has 0 aromatic heterocycles. The Balaban J connectivity index is 0.000000348. The van der Waals surface area contributed by atoms with Crippen molar-refractivity contribution in [2.75, 3.05) is 23.4 Å². The van der Waals surface area contributed by atoms with Crippen LogP contribution in [0.3, 0.4) is 0 Å². The van der Waals surface area contributed by atoms with Gasteiger partial charge >= 0.3 is 12.0 Å². The van der Waals surface area contributed by atoms with Crippen molar-refractivity contribution < 1.29 is 24.2 Å². The first kappa shape index (κ1) is 39.3. The molecule has 3 unspecified atom stereocenters. The highest BCUT2D eigenvalue weighted by atomic mass is 35.5. The third-order valence-electron chi connectivity index (χ3n) is 8.09. The molecular weight excluding hydrogens is 696 g/mol. The summed E-state index contributed by atoms with van der Waals surface area (Å²) in [6.07, 6.45) is 5.50. The lowest BCUT2D eigenvalue weighted by Crippen LogP contribution is -2.48. The van der Waals surface area contributed by atoms with E-state index in [0.29, 0.717) is 46.1 Å². The van der Waals surface area contributed by atoms with E-state index in [1.54, 1.807) is 11.8 Å². The van der Waals surface area contributed by atoms with Gasteiger partial charge < -0.3 is 20.5 Å². The van der Waals surface area contributed by atoms with Crippen molar-refractivity contribution in [3.8, 4) is 5.75 Å². The lowest BCUT2D eigenvalue weighted by Gasteiger charge is -2.32. The second kappa shape index (κ2) is 19.1. The van der Waals surface area contributed by atoms with Crippen molar-refractivity contribution >= 4 is 75.7 Å². The fourth-order valence-electron chi connectivity index (χ4n) is 5.17. The molecule has 12 heteroatoms. The molecule has 4 rings (SSSR count). The number of ether oxygens (including phenoxy) is 1. The number of carboxylic acid groups (broad SMARTS) is 1. The molecule has 0 spiro atoms. The molecule has 260 valence electrons. The largest absolute Gasteiger partial charge is 0.491 e. The van der Waals surface area contributed by atoms with E-state index in [-0.39, 0.29) is 31.0 Å². The second-order valence-corrected chi connectivity index (χ2v) is 14.2. The van der Waals surface area contributed by atoms with E-state index in [4.69, 9.17) is 56.2 Å². The highest BCUT2D eigenvalue weighted by Crippen LogP contribution is 2.34. The number of carbonyl (C=O) groups is 3. The quantitative estimate of drug-likeness (QED) is 0.127. The van der Waals surface area contributed by atoms with Crippen LogP contribution in [-0.2, 0) is 9.59 Å². The lowest BCUT2D eigenvalue weighted by molar-refractivity contribution is -0.137. The van der Waals surface area contributed by atoms with Gasteiger partial charge in [0.2, 0.25) is 5.91 Å². The van der Waals surface area contributed by atoms with E-state index in [0.717, 1.165) is 36.2 Å². The van der Waals surface area contributed by atoms with Crippen LogP contribution in [0.5, 0.6) is 5.75 Å². The highest BCUT2D eigenvalue weighted by molar-refractivity contribution is 6.43. The Hall–Kier alpha value is -3.17. The number of nitrogens with zero attached hydrogens (tertiary/aromatic N) is 1. The number of aryl methyl sites for hydroxylation is 1. The number of hydrogen-bond donors (Lipinski definition) is 3. The van der Waals surface area contributed by atoms with Crippen LogP contribution < -0.4 is 20.3 Å². The van der Waals surface area contributed by atoms with Crippen LogP contribution in [0.4, 0.5) is 16.2 Å². The summed E-state index contributed by atoms with van der Waals surface area (Å²) in [4.78, 5) is 36.9. The number of rotatable bonds is 12. The number of para-hydroxylation sites is 1. The first-order valence-electron chi connectivity index (χ1n) is 16.0. The van der Waals surface area contributed by atoms with Crippen molar-refractivity contribution in [1.29, 1.82) is 0 Å². The summed E-state index contributed by atoms with van der Waals surface area (Å²) in [6.45, 7) is 6.46. The van der Waals surface area contributed by atoms with Gasteiger partial charge in [-0.25, -0.2) is 4.79 Å². The summed E-state index contributed by atoms with van der Waals surface area (Å²) in [7, 11) is 0. The summed E-state index contributed by atoms with van der Waals surface area (Å²) in [5.41, 5.74) is 2.70. The molecule has 0 bridgehead atoms. The Morgan fingerprint density at radius 3 is 2.25 bits per heavy atom. The maximum Gasteiger partial charge on any atom is 0.322 e. The van der Waals surface area contributed by atoms with Crippen molar-refractivity contribution in [3.63, 3.8) is 0 Å². The van der Waals surface area contributed by atoms with Gasteiger partial charge in [0.15, 0.2) is 0 Å². The number of halogens is 4. The van der Waals surface area contributed by atoms with Crippen molar-refractivity contribution in [3.05, 3.63) is 87.4 Å². The van der Waals surface area contributed by atoms with E-state index < -0.39 is 10.8 Å².